The van der Waals surface area contributed by atoms with E-state index in [4.69, 9.17) is 25.9 Å². The average molecular weight is 391 g/mol. The Balaban J connectivity index is 0.000000161. The summed E-state index contributed by atoms with van der Waals surface area (Å²) < 4.78 is 4.89. The van der Waals surface area contributed by atoms with E-state index in [-0.39, 0.29) is 0 Å². The highest BCUT2D eigenvalue weighted by atomic mass is 16.5. The van der Waals surface area contributed by atoms with Crippen LogP contribution in [0.3, 0.4) is 0 Å². The molecular weight excluding hydrogens is 365 g/mol. The second-order valence-corrected chi connectivity index (χ2v) is 7.81. The van der Waals surface area contributed by atoms with Gasteiger partial charge in [-0.25, -0.2) is 0 Å². The maximum absolute atomic E-state index is 8.81. The van der Waals surface area contributed by atoms with Crippen LogP contribution >= 0.6 is 0 Å². The number of benzene rings is 2. The van der Waals surface area contributed by atoms with E-state index < -0.39 is 7.12 Å². The van der Waals surface area contributed by atoms with Gasteiger partial charge < -0.3 is 31.2 Å². The molecule has 4 atom stereocenters. The van der Waals surface area contributed by atoms with E-state index >= 15 is 0 Å². The van der Waals surface area contributed by atoms with Gasteiger partial charge in [-0.15, -0.1) is 0 Å². The van der Waals surface area contributed by atoms with Crippen molar-refractivity contribution in [2.24, 2.45) is 17.8 Å². The summed E-state index contributed by atoms with van der Waals surface area (Å²) in [6.07, 6.45) is 7.46. The van der Waals surface area contributed by atoms with Gasteiger partial charge >= 0.3 is 7.12 Å². The number of hydrogen-bond acceptors (Lipinski definition) is 6. The molecular formula is C22H26BN3O3. The standard InChI is InChI=1S/C15H17N3.C7H9BO3/c16-6-10-12(17)3-4-13-15(10)14-9-2-1-8(5-9)11(14)7-18-13;1-11-7-5-3-2-4-6(7)8(9)10/h1-4,6,8-9,11,14,16,18H,5,7,17H2;2-5,9-10H,1H3/t8-,9+,11+,14-;/m0./s1. The summed E-state index contributed by atoms with van der Waals surface area (Å²) in [5.74, 6) is 3.12. The largest absolute Gasteiger partial charge is 0.497 e. The molecule has 2 aliphatic carbocycles. The summed E-state index contributed by atoms with van der Waals surface area (Å²) in [6, 6.07) is 10.7. The number of nitrogens with two attached hydrogens (primary N) is 1. The summed E-state index contributed by atoms with van der Waals surface area (Å²) >= 11 is 0. The fourth-order valence-electron chi connectivity index (χ4n) is 5.07. The van der Waals surface area contributed by atoms with E-state index in [1.54, 1.807) is 24.3 Å². The zero-order valence-corrected chi connectivity index (χ0v) is 16.4. The number of para-hydroxylation sites is 1. The maximum Gasteiger partial charge on any atom is 0.492 e. The van der Waals surface area contributed by atoms with Gasteiger partial charge in [0.05, 0.1) is 7.11 Å². The highest BCUT2D eigenvalue weighted by Crippen LogP contribution is 2.57. The topological polar surface area (TPSA) is 112 Å². The molecule has 1 heterocycles. The van der Waals surface area contributed by atoms with Crippen molar-refractivity contribution in [1.29, 1.82) is 5.41 Å². The van der Waals surface area contributed by atoms with Gasteiger partial charge in [-0.2, -0.15) is 0 Å². The molecule has 6 nitrogen and oxygen atoms in total. The Morgan fingerprint density at radius 3 is 2.62 bits per heavy atom. The highest BCUT2D eigenvalue weighted by Gasteiger charge is 2.48. The molecule has 0 spiro atoms. The molecule has 150 valence electrons. The predicted octanol–water partition coefficient (Wildman–Crippen LogP) is 1.97. The Hall–Kier alpha value is -2.77. The van der Waals surface area contributed by atoms with Crippen LogP contribution < -0.4 is 21.3 Å². The monoisotopic (exact) mass is 391 g/mol. The number of nitrogen functional groups attached to an aromatic ring is 1. The minimum atomic E-state index is -1.47. The number of anilines is 2. The zero-order chi connectivity index (χ0) is 20.5. The van der Waals surface area contributed by atoms with Gasteiger partial charge in [0, 0.05) is 35.2 Å². The quantitative estimate of drug-likeness (QED) is 0.238. The second kappa shape index (κ2) is 7.93. The van der Waals surface area contributed by atoms with Crippen molar-refractivity contribution < 1.29 is 14.8 Å². The van der Waals surface area contributed by atoms with Gasteiger partial charge in [-0.1, -0.05) is 30.4 Å². The minimum absolute atomic E-state index is 0.384. The van der Waals surface area contributed by atoms with E-state index in [0.29, 0.717) is 29.0 Å². The highest BCUT2D eigenvalue weighted by molar-refractivity contribution is 6.59. The Bertz CT molecular complexity index is 947. The fraction of sp³-hybridized carbons (Fsp3) is 0.318. The Morgan fingerprint density at radius 2 is 1.93 bits per heavy atom. The Morgan fingerprint density at radius 1 is 1.17 bits per heavy atom. The van der Waals surface area contributed by atoms with E-state index in [1.807, 2.05) is 6.07 Å². The molecule has 1 fully saturated rings. The third-order valence-electron chi connectivity index (χ3n) is 6.37. The first kappa shape index (κ1) is 19.5. The summed E-state index contributed by atoms with van der Waals surface area (Å²) in [5.41, 5.74) is 10.6. The summed E-state index contributed by atoms with van der Waals surface area (Å²) in [5, 5.41) is 28.8. The van der Waals surface area contributed by atoms with Crippen LogP contribution in [0.25, 0.3) is 0 Å². The smallest absolute Gasteiger partial charge is 0.492 e. The van der Waals surface area contributed by atoms with Crippen LogP contribution in [-0.2, 0) is 0 Å². The molecule has 0 unspecified atom stereocenters. The molecule has 0 amide bonds. The first-order chi connectivity index (χ1) is 14.0. The minimum Gasteiger partial charge on any atom is -0.497 e. The van der Waals surface area contributed by atoms with Crippen LogP contribution in [-0.4, -0.2) is 37.0 Å². The lowest BCUT2D eigenvalue weighted by Crippen LogP contribution is -2.31. The van der Waals surface area contributed by atoms with E-state index in [0.717, 1.165) is 23.7 Å². The van der Waals surface area contributed by atoms with Crippen LogP contribution in [0.2, 0.25) is 0 Å². The van der Waals surface area contributed by atoms with Gasteiger partial charge in [0.25, 0.3) is 0 Å². The number of ether oxygens (including phenoxy) is 1. The molecule has 5 rings (SSSR count). The predicted molar refractivity (Wildman–Crippen MR) is 117 cm³/mol. The number of allylic oxidation sites excluding steroid dienone is 2. The molecule has 1 aliphatic heterocycles. The molecule has 2 bridgehead atoms. The van der Waals surface area contributed by atoms with Gasteiger partial charge in [0.2, 0.25) is 0 Å². The number of methoxy groups -OCH3 is 1. The van der Waals surface area contributed by atoms with E-state index in [1.165, 1.54) is 31.0 Å². The molecule has 6 N–H and O–H groups in total. The fourth-order valence-corrected chi connectivity index (χ4v) is 5.07. The van der Waals surface area contributed by atoms with Crippen molar-refractivity contribution in [1.82, 2.24) is 0 Å². The SMILES string of the molecule is COc1ccccc1B(O)O.N=Cc1c(N)ccc2c1[C@@H]1[C@H](CN2)[C@H]2C=C[C@@H]1C2. The average Bonchev–Trinajstić information content (AvgIpc) is 3.36. The normalized spacial score (nSPS) is 25.2. The molecule has 7 heteroatoms. The lowest BCUT2D eigenvalue weighted by atomic mass is 9.74. The van der Waals surface area contributed by atoms with Crippen molar-refractivity contribution in [2.75, 3.05) is 24.7 Å². The van der Waals surface area contributed by atoms with Crippen molar-refractivity contribution in [2.45, 2.75) is 12.3 Å². The number of rotatable bonds is 3. The van der Waals surface area contributed by atoms with E-state index in [9.17, 15) is 0 Å². The molecule has 2 aromatic carbocycles. The lowest BCUT2D eigenvalue weighted by molar-refractivity contribution is 0.403. The van der Waals surface area contributed by atoms with Gasteiger partial charge in [-0.3, -0.25) is 0 Å². The second-order valence-electron chi connectivity index (χ2n) is 7.81. The number of nitrogens with one attached hydrogen (secondary N) is 2. The van der Waals surface area contributed by atoms with Crippen LogP contribution in [0, 0.1) is 23.2 Å². The van der Waals surface area contributed by atoms with Gasteiger partial charge in [0.15, 0.2) is 0 Å². The number of fused-ring (bicyclic) bond motifs is 7. The van der Waals surface area contributed by atoms with Crippen molar-refractivity contribution in [3.05, 3.63) is 59.7 Å². The maximum atomic E-state index is 8.81. The lowest BCUT2D eigenvalue weighted by Gasteiger charge is -2.36. The molecule has 2 aromatic rings. The molecule has 29 heavy (non-hydrogen) atoms. The molecule has 3 aliphatic rings. The summed E-state index contributed by atoms with van der Waals surface area (Å²) in [7, 11) is 0.0208. The molecule has 0 saturated heterocycles. The third kappa shape index (κ3) is 3.41. The third-order valence-corrected chi connectivity index (χ3v) is 6.37. The van der Waals surface area contributed by atoms with Crippen molar-refractivity contribution >= 4 is 30.2 Å². The molecule has 1 saturated carbocycles. The summed E-state index contributed by atoms with van der Waals surface area (Å²) in [4.78, 5) is 0. The first-order valence-electron chi connectivity index (χ1n) is 9.89. The van der Waals surface area contributed by atoms with Crippen LogP contribution in [0.4, 0.5) is 11.4 Å². The Kier molecular flexibility index (Phi) is 5.34. The van der Waals surface area contributed by atoms with E-state index in [2.05, 4.69) is 23.5 Å². The van der Waals surface area contributed by atoms with Crippen molar-refractivity contribution in [3.63, 3.8) is 0 Å². The van der Waals surface area contributed by atoms with Crippen LogP contribution in [0.1, 0.15) is 23.5 Å². The van der Waals surface area contributed by atoms with Crippen LogP contribution in [0.15, 0.2) is 48.6 Å². The van der Waals surface area contributed by atoms with Crippen molar-refractivity contribution in [3.8, 4) is 5.75 Å². The van der Waals surface area contributed by atoms with Gasteiger partial charge in [-0.05, 0) is 53.9 Å². The first-order valence-corrected chi connectivity index (χ1v) is 9.89. The van der Waals surface area contributed by atoms with Crippen LogP contribution in [0.5, 0.6) is 5.75 Å². The zero-order valence-electron chi connectivity index (χ0n) is 16.4. The Labute approximate surface area is 171 Å². The molecule has 0 radical (unpaired) electrons. The molecule has 0 aromatic heterocycles. The summed E-state index contributed by atoms with van der Waals surface area (Å²) in [6.45, 7) is 1.06. The van der Waals surface area contributed by atoms with Gasteiger partial charge in [0.1, 0.15) is 5.75 Å². The number of hydrogen-bond donors (Lipinski definition) is 5.